The first kappa shape index (κ1) is 18.3. The average Bonchev–Trinajstić information content (AvgIpc) is 3.02. The average molecular weight is 394 g/mol. The molecule has 4 aromatic rings. The Bertz CT molecular complexity index is 1310. The van der Waals surface area contributed by atoms with Crippen LogP contribution in [0, 0.1) is 6.92 Å². The Morgan fingerprint density at radius 3 is 2.89 bits per heavy atom. The Morgan fingerprint density at radius 2 is 2.07 bits per heavy atom. The first-order valence-corrected chi connectivity index (χ1v) is 9.58. The Hall–Kier alpha value is -3.03. The number of carbonyl (C=O) groups excluding carboxylic acids is 1. The number of benzene rings is 2. The maximum absolute atomic E-state index is 12.8. The van der Waals surface area contributed by atoms with E-state index >= 15 is 0 Å². The normalized spacial score (nSPS) is 12.1. The smallest absolute Gasteiger partial charge is 0.286 e. The summed E-state index contributed by atoms with van der Waals surface area (Å²) in [5.41, 5.74) is 2.09. The summed E-state index contributed by atoms with van der Waals surface area (Å²) in [5.74, 6) is -0.617. The number of ether oxygens (including phenoxy) is 1. The van der Waals surface area contributed by atoms with Gasteiger partial charge in [0, 0.05) is 13.7 Å². The third kappa shape index (κ3) is 3.30. The minimum absolute atomic E-state index is 0.0781. The molecule has 0 aliphatic heterocycles. The zero-order chi connectivity index (χ0) is 19.7. The second-order valence-electron chi connectivity index (χ2n) is 6.39. The van der Waals surface area contributed by atoms with Crippen molar-refractivity contribution in [1.82, 2.24) is 4.57 Å². The molecule has 0 aliphatic carbocycles. The van der Waals surface area contributed by atoms with Gasteiger partial charge in [-0.1, -0.05) is 29.5 Å². The van der Waals surface area contributed by atoms with Crippen molar-refractivity contribution in [2.75, 3.05) is 13.7 Å². The van der Waals surface area contributed by atoms with Gasteiger partial charge in [-0.15, -0.1) is 0 Å². The van der Waals surface area contributed by atoms with E-state index in [1.54, 1.807) is 31.4 Å². The first-order valence-electron chi connectivity index (χ1n) is 8.77. The standard InChI is InChI=1S/C21H18N2O4S/c1-13-7-8-16-18(11-13)28-21(23(16)9-10-26-2)22-20(25)15-12-27-17-6-4-3-5-14(17)19(15)24/h3-8,11-12H,9-10H2,1-2H3. The molecule has 0 saturated heterocycles. The highest BCUT2D eigenvalue weighted by atomic mass is 32.1. The summed E-state index contributed by atoms with van der Waals surface area (Å²) in [6.07, 6.45) is 1.19. The Labute approximate surface area is 164 Å². The number of methoxy groups -OCH3 is 1. The van der Waals surface area contributed by atoms with E-state index in [9.17, 15) is 9.59 Å². The van der Waals surface area contributed by atoms with E-state index in [1.165, 1.54) is 17.6 Å². The molecule has 142 valence electrons. The minimum Gasteiger partial charge on any atom is -0.463 e. The predicted octanol–water partition coefficient (Wildman–Crippen LogP) is 3.51. The van der Waals surface area contributed by atoms with Gasteiger partial charge in [0.05, 0.1) is 22.2 Å². The Morgan fingerprint density at radius 1 is 1.25 bits per heavy atom. The van der Waals surface area contributed by atoms with Crippen LogP contribution in [0.3, 0.4) is 0 Å². The molecule has 0 unspecified atom stereocenters. The van der Waals surface area contributed by atoms with Gasteiger partial charge in [-0.05, 0) is 36.8 Å². The number of para-hydroxylation sites is 1. The fourth-order valence-corrected chi connectivity index (χ4v) is 4.19. The monoisotopic (exact) mass is 394 g/mol. The third-order valence-corrected chi connectivity index (χ3v) is 5.51. The minimum atomic E-state index is -0.617. The van der Waals surface area contributed by atoms with E-state index in [1.807, 2.05) is 23.6 Å². The Kier molecular flexibility index (Phi) is 4.93. The second-order valence-corrected chi connectivity index (χ2v) is 7.40. The topological polar surface area (TPSA) is 73.8 Å². The van der Waals surface area contributed by atoms with Crippen LogP contribution < -0.4 is 10.2 Å². The van der Waals surface area contributed by atoms with E-state index in [0.717, 1.165) is 15.8 Å². The van der Waals surface area contributed by atoms with Crippen molar-refractivity contribution in [3.8, 4) is 0 Å². The van der Waals surface area contributed by atoms with Gasteiger partial charge in [0.1, 0.15) is 17.4 Å². The molecule has 28 heavy (non-hydrogen) atoms. The van der Waals surface area contributed by atoms with Crippen LogP contribution in [-0.4, -0.2) is 24.2 Å². The van der Waals surface area contributed by atoms with Crippen LogP contribution in [0.4, 0.5) is 0 Å². The number of hydrogen-bond donors (Lipinski definition) is 0. The number of nitrogens with zero attached hydrogens (tertiary/aromatic N) is 2. The van der Waals surface area contributed by atoms with E-state index < -0.39 is 5.91 Å². The largest absolute Gasteiger partial charge is 0.463 e. The van der Waals surface area contributed by atoms with Crippen LogP contribution in [0.2, 0.25) is 0 Å². The highest BCUT2D eigenvalue weighted by Gasteiger charge is 2.15. The molecular formula is C21H18N2O4S. The molecule has 7 heteroatoms. The van der Waals surface area contributed by atoms with Crippen LogP contribution in [0.25, 0.3) is 21.2 Å². The molecule has 0 fully saturated rings. The number of fused-ring (bicyclic) bond motifs is 2. The molecule has 0 aliphatic rings. The number of amides is 1. The molecule has 0 atom stereocenters. The fraction of sp³-hybridized carbons (Fsp3) is 0.190. The van der Waals surface area contributed by atoms with E-state index in [-0.39, 0.29) is 11.0 Å². The van der Waals surface area contributed by atoms with Crippen molar-refractivity contribution >= 4 is 38.4 Å². The summed E-state index contributed by atoms with van der Waals surface area (Å²) < 4.78 is 13.6. The summed E-state index contributed by atoms with van der Waals surface area (Å²) in [7, 11) is 1.63. The van der Waals surface area contributed by atoms with Gasteiger partial charge in [0.25, 0.3) is 5.91 Å². The zero-order valence-electron chi connectivity index (χ0n) is 15.5. The van der Waals surface area contributed by atoms with Crippen LogP contribution >= 0.6 is 11.3 Å². The molecule has 0 N–H and O–H groups in total. The lowest BCUT2D eigenvalue weighted by molar-refractivity contribution is 0.0994. The van der Waals surface area contributed by atoms with Crippen LogP contribution in [0.5, 0.6) is 0 Å². The molecule has 2 aromatic carbocycles. The highest BCUT2D eigenvalue weighted by molar-refractivity contribution is 7.16. The molecule has 2 aromatic heterocycles. The summed E-state index contributed by atoms with van der Waals surface area (Å²) in [5, 5.41) is 0.364. The predicted molar refractivity (Wildman–Crippen MR) is 109 cm³/mol. The molecular weight excluding hydrogens is 376 g/mol. The number of aromatic nitrogens is 1. The van der Waals surface area contributed by atoms with Crippen molar-refractivity contribution in [2.45, 2.75) is 13.5 Å². The lowest BCUT2D eigenvalue weighted by atomic mass is 10.2. The van der Waals surface area contributed by atoms with Gasteiger partial charge in [0.15, 0.2) is 4.80 Å². The number of hydrogen-bond acceptors (Lipinski definition) is 5. The molecule has 0 spiro atoms. The van der Waals surface area contributed by atoms with Crippen molar-refractivity contribution in [3.05, 3.63) is 74.9 Å². The van der Waals surface area contributed by atoms with Gasteiger partial charge in [0.2, 0.25) is 5.43 Å². The Balaban J connectivity index is 1.86. The molecule has 4 rings (SSSR count). The number of carbonyl (C=O) groups is 1. The maximum atomic E-state index is 12.8. The summed E-state index contributed by atoms with van der Waals surface area (Å²) in [6, 6.07) is 12.9. The second kappa shape index (κ2) is 7.53. The van der Waals surface area contributed by atoms with Gasteiger partial charge in [-0.2, -0.15) is 4.99 Å². The number of rotatable bonds is 4. The molecule has 6 nitrogen and oxygen atoms in total. The van der Waals surface area contributed by atoms with Gasteiger partial charge >= 0.3 is 0 Å². The first-order chi connectivity index (χ1) is 13.6. The van der Waals surface area contributed by atoms with Gasteiger partial charge in [-0.25, -0.2) is 0 Å². The van der Waals surface area contributed by atoms with E-state index in [0.29, 0.717) is 28.9 Å². The van der Waals surface area contributed by atoms with E-state index in [4.69, 9.17) is 9.15 Å². The summed E-state index contributed by atoms with van der Waals surface area (Å²) in [4.78, 5) is 30.2. The summed E-state index contributed by atoms with van der Waals surface area (Å²) in [6.45, 7) is 3.05. The molecule has 0 radical (unpaired) electrons. The lowest BCUT2D eigenvalue weighted by Gasteiger charge is -2.04. The zero-order valence-corrected chi connectivity index (χ0v) is 16.3. The van der Waals surface area contributed by atoms with E-state index in [2.05, 4.69) is 11.1 Å². The van der Waals surface area contributed by atoms with Crippen LogP contribution in [-0.2, 0) is 11.3 Å². The SMILES string of the molecule is COCCn1c(=NC(=O)c2coc3ccccc3c2=O)sc2cc(C)ccc21. The number of aryl methyl sites for hydroxylation is 1. The quantitative estimate of drug-likeness (QED) is 0.531. The van der Waals surface area contributed by atoms with Gasteiger partial charge in [-0.3, -0.25) is 9.59 Å². The lowest BCUT2D eigenvalue weighted by Crippen LogP contribution is -2.21. The number of thiazole rings is 1. The molecule has 2 heterocycles. The molecule has 1 amide bonds. The maximum Gasteiger partial charge on any atom is 0.286 e. The van der Waals surface area contributed by atoms with Crippen molar-refractivity contribution in [2.24, 2.45) is 4.99 Å². The van der Waals surface area contributed by atoms with Crippen LogP contribution in [0.1, 0.15) is 15.9 Å². The van der Waals surface area contributed by atoms with Crippen molar-refractivity contribution in [3.63, 3.8) is 0 Å². The summed E-state index contributed by atoms with van der Waals surface area (Å²) >= 11 is 1.41. The third-order valence-electron chi connectivity index (χ3n) is 4.46. The fourth-order valence-electron chi connectivity index (χ4n) is 3.04. The molecule has 0 bridgehead atoms. The van der Waals surface area contributed by atoms with Gasteiger partial charge < -0.3 is 13.7 Å². The van der Waals surface area contributed by atoms with Crippen molar-refractivity contribution in [1.29, 1.82) is 0 Å². The highest BCUT2D eigenvalue weighted by Crippen LogP contribution is 2.19. The van der Waals surface area contributed by atoms with Crippen LogP contribution in [0.15, 0.2) is 62.9 Å². The van der Waals surface area contributed by atoms with Crippen molar-refractivity contribution < 1.29 is 13.9 Å². The molecule has 0 saturated carbocycles.